The van der Waals surface area contributed by atoms with Crippen LogP contribution in [0.4, 0.5) is 0 Å². The predicted molar refractivity (Wildman–Crippen MR) is 97.1 cm³/mol. The van der Waals surface area contributed by atoms with E-state index in [2.05, 4.69) is 35.1 Å². The fourth-order valence-corrected chi connectivity index (χ4v) is 3.53. The maximum Gasteiger partial charge on any atom is 0.337 e. The number of H-pyrrole nitrogens is 1. The van der Waals surface area contributed by atoms with Gasteiger partial charge in [0.15, 0.2) is 0 Å². The molecule has 0 bridgehead atoms. The number of aromatic carboxylic acids is 1. The van der Waals surface area contributed by atoms with Crippen LogP contribution in [0.25, 0.3) is 10.9 Å². The molecule has 0 atom stereocenters. The molecular formula is C19H27N3O2. The maximum atomic E-state index is 11.7. The Morgan fingerprint density at radius 1 is 1.29 bits per heavy atom. The Kier molecular flexibility index (Phi) is 4.92. The molecular weight excluding hydrogens is 302 g/mol. The fourth-order valence-electron chi connectivity index (χ4n) is 3.53. The molecule has 3 rings (SSSR count). The number of piperazine rings is 1. The van der Waals surface area contributed by atoms with Crippen LogP contribution in [0, 0.1) is 6.92 Å². The Morgan fingerprint density at radius 2 is 2.00 bits per heavy atom. The van der Waals surface area contributed by atoms with Crippen molar-refractivity contribution in [2.24, 2.45) is 0 Å². The first kappa shape index (κ1) is 17.0. The summed E-state index contributed by atoms with van der Waals surface area (Å²) in [7, 11) is 0. The van der Waals surface area contributed by atoms with Gasteiger partial charge in [-0.2, -0.15) is 0 Å². The summed E-state index contributed by atoms with van der Waals surface area (Å²) in [5.41, 5.74) is 4.58. The van der Waals surface area contributed by atoms with E-state index in [9.17, 15) is 9.90 Å². The predicted octanol–water partition coefficient (Wildman–Crippen LogP) is 2.75. The molecule has 0 unspecified atom stereocenters. The van der Waals surface area contributed by atoms with Crippen LogP contribution in [0.1, 0.15) is 46.9 Å². The first-order valence-corrected chi connectivity index (χ1v) is 8.79. The summed E-state index contributed by atoms with van der Waals surface area (Å²) < 4.78 is 0. The lowest BCUT2D eigenvalue weighted by Crippen LogP contribution is -2.44. The molecule has 2 aromatic rings. The molecule has 0 spiro atoms. The van der Waals surface area contributed by atoms with Crippen molar-refractivity contribution < 1.29 is 9.90 Å². The Morgan fingerprint density at radius 3 is 2.62 bits per heavy atom. The average Bonchev–Trinajstić information content (AvgIpc) is 2.88. The third-order valence-corrected chi connectivity index (χ3v) is 5.04. The van der Waals surface area contributed by atoms with Crippen molar-refractivity contribution in [2.75, 3.05) is 32.7 Å². The minimum atomic E-state index is -0.864. The first-order valence-electron chi connectivity index (χ1n) is 8.79. The largest absolute Gasteiger partial charge is 0.478 e. The molecule has 1 fully saturated rings. The number of hydrogen-bond acceptors (Lipinski definition) is 3. The molecule has 1 aromatic carbocycles. The molecule has 24 heavy (non-hydrogen) atoms. The van der Waals surface area contributed by atoms with Gasteiger partial charge >= 0.3 is 5.97 Å². The van der Waals surface area contributed by atoms with Gasteiger partial charge in [-0.25, -0.2) is 4.79 Å². The number of fused-ring (bicyclic) bond motifs is 1. The molecule has 5 heteroatoms. The van der Waals surface area contributed by atoms with Crippen molar-refractivity contribution in [2.45, 2.75) is 33.1 Å². The average molecular weight is 329 g/mol. The zero-order chi connectivity index (χ0) is 17.3. The van der Waals surface area contributed by atoms with Crippen LogP contribution in [0.5, 0.6) is 0 Å². The number of hydrogen-bond donors (Lipinski definition) is 3. The molecule has 0 amide bonds. The Hall–Kier alpha value is -1.85. The summed E-state index contributed by atoms with van der Waals surface area (Å²) in [4.78, 5) is 17.5. The number of benzene rings is 1. The molecule has 2 heterocycles. The summed E-state index contributed by atoms with van der Waals surface area (Å²) in [6.07, 6.45) is 0.951. The second kappa shape index (κ2) is 6.95. The number of carbonyl (C=O) groups is 1. The zero-order valence-electron chi connectivity index (χ0n) is 14.8. The highest BCUT2D eigenvalue weighted by atomic mass is 16.4. The van der Waals surface area contributed by atoms with Crippen LogP contribution in [0.2, 0.25) is 0 Å². The number of rotatable bonds is 5. The lowest BCUT2D eigenvalue weighted by atomic mass is 9.96. The number of aromatic amines is 1. The SMILES string of the molecule is Cc1[nH]c2c(C(=O)O)cc(C(C)C)cc2c1CCN1CCNCC1. The summed E-state index contributed by atoms with van der Waals surface area (Å²) in [6, 6.07) is 3.98. The Labute approximate surface area is 143 Å². The molecule has 0 saturated carbocycles. The third kappa shape index (κ3) is 3.32. The van der Waals surface area contributed by atoms with E-state index in [0.29, 0.717) is 11.5 Å². The third-order valence-electron chi connectivity index (χ3n) is 5.04. The molecule has 5 nitrogen and oxygen atoms in total. The van der Waals surface area contributed by atoms with Gasteiger partial charge in [0.25, 0.3) is 0 Å². The highest BCUT2D eigenvalue weighted by Crippen LogP contribution is 2.30. The molecule has 1 aliphatic rings. The standard InChI is InChI=1S/C19H27N3O2/c1-12(2)14-10-16-15(4-7-22-8-5-20-6-9-22)13(3)21-18(16)17(11-14)19(23)24/h10-12,20-21H,4-9H2,1-3H3,(H,23,24). The van der Waals surface area contributed by atoms with Crippen molar-refractivity contribution in [3.05, 3.63) is 34.5 Å². The van der Waals surface area contributed by atoms with Gasteiger partial charge in [0.05, 0.1) is 11.1 Å². The van der Waals surface area contributed by atoms with Crippen molar-refractivity contribution in [3.8, 4) is 0 Å². The second-order valence-electron chi connectivity index (χ2n) is 7.02. The van der Waals surface area contributed by atoms with Crippen molar-refractivity contribution in [1.29, 1.82) is 0 Å². The van der Waals surface area contributed by atoms with Gasteiger partial charge in [-0.05, 0) is 42.5 Å². The van der Waals surface area contributed by atoms with Crippen LogP contribution in [0.15, 0.2) is 12.1 Å². The number of carboxylic acids is 1. The number of aromatic nitrogens is 1. The number of nitrogens with one attached hydrogen (secondary N) is 2. The number of aryl methyl sites for hydroxylation is 1. The Balaban J connectivity index is 1.97. The minimum absolute atomic E-state index is 0.309. The van der Waals surface area contributed by atoms with Crippen molar-refractivity contribution in [3.63, 3.8) is 0 Å². The van der Waals surface area contributed by atoms with E-state index in [0.717, 1.165) is 61.3 Å². The Bertz CT molecular complexity index is 743. The molecule has 0 aliphatic carbocycles. The van der Waals surface area contributed by atoms with E-state index < -0.39 is 5.97 Å². The highest BCUT2D eigenvalue weighted by molar-refractivity contribution is 6.04. The highest BCUT2D eigenvalue weighted by Gasteiger charge is 2.19. The smallest absolute Gasteiger partial charge is 0.337 e. The normalized spacial score (nSPS) is 16.2. The van der Waals surface area contributed by atoms with Gasteiger partial charge in [0.1, 0.15) is 0 Å². The van der Waals surface area contributed by atoms with Gasteiger partial charge in [-0.3, -0.25) is 0 Å². The van der Waals surface area contributed by atoms with E-state index in [1.165, 1.54) is 5.56 Å². The van der Waals surface area contributed by atoms with Crippen LogP contribution in [-0.4, -0.2) is 53.7 Å². The fraction of sp³-hybridized carbons (Fsp3) is 0.526. The second-order valence-corrected chi connectivity index (χ2v) is 7.02. The van der Waals surface area contributed by atoms with Crippen LogP contribution < -0.4 is 5.32 Å². The molecule has 1 aliphatic heterocycles. The van der Waals surface area contributed by atoms with Gasteiger partial charge in [-0.1, -0.05) is 13.8 Å². The number of nitrogens with zero attached hydrogens (tertiary/aromatic N) is 1. The summed E-state index contributed by atoms with van der Waals surface area (Å²) >= 11 is 0. The summed E-state index contributed by atoms with van der Waals surface area (Å²) in [6.45, 7) is 11.5. The topological polar surface area (TPSA) is 68.4 Å². The summed E-state index contributed by atoms with van der Waals surface area (Å²) in [5, 5.41) is 14.0. The number of carboxylic acid groups (broad SMARTS) is 1. The van der Waals surface area contributed by atoms with E-state index >= 15 is 0 Å². The van der Waals surface area contributed by atoms with Gasteiger partial charge in [-0.15, -0.1) is 0 Å². The van der Waals surface area contributed by atoms with Gasteiger partial charge in [0, 0.05) is 43.8 Å². The lowest BCUT2D eigenvalue weighted by molar-refractivity contribution is 0.0698. The van der Waals surface area contributed by atoms with Crippen LogP contribution in [0.3, 0.4) is 0 Å². The van der Waals surface area contributed by atoms with Crippen molar-refractivity contribution >= 4 is 16.9 Å². The molecule has 130 valence electrons. The van der Waals surface area contributed by atoms with Gasteiger partial charge in [0.2, 0.25) is 0 Å². The zero-order valence-corrected chi connectivity index (χ0v) is 14.8. The lowest BCUT2D eigenvalue weighted by Gasteiger charge is -2.27. The minimum Gasteiger partial charge on any atom is -0.478 e. The molecule has 3 N–H and O–H groups in total. The maximum absolute atomic E-state index is 11.7. The molecule has 1 aromatic heterocycles. The van der Waals surface area contributed by atoms with E-state index in [1.807, 2.05) is 13.0 Å². The quantitative estimate of drug-likeness (QED) is 0.789. The van der Waals surface area contributed by atoms with E-state index in [4.69, 9.17) is 0 Å². The monoisotopic (exact) mass is 329 g/mol. The van der Waals surface area contributed by atoms with E-state index in [1.54, 1.807) is 0 Å². The first-order chi connectivity index (χ1) is 11.5. The molecule has 0 radical (unpaired) electrons. The van der Waals surface area contributed by atoms with Crippen LogP contribution >= 0.6 is 0 Å². The van der Waals surface area contributed by atoms with E-state index in [-0.39, 0.29) is 0 Å². The van der Waals surface area contributed by atoms with Crippen LogP contribution in [-0.2, 0) is 6.42 Å². The van der Waals surface area contributed by atoms with Gasteiger partial charge < -0.3 is 20.3 Å². The molecule has 1 saturated heterocycles. The van der Waals surface area contributed by atoms with Crippen molar-refractivity contribution in [1.82, 2.24) is 15.2 Å². The summed E-state index contributed by atoms with van der Waals surface area (Å²) in [5.74, 6) is -0.555.